The number of hydrogen-bond donors (Lipinski definition) is 0. The molecular weight excluding hydrogens is 551 g/mol. The Morgan fingerprint density at radius 3 is 1.98 bits per heavy atom. The van der Waals surface area contributed by atoms with Crippen molar-refractivity contribution >= 4 is 72.8 Å². The third-order valence-electron chi connectivity index (χ3n) is 8.93. The van der Waals surface area contributed by atoms with Gasteiger partial charge in [0.25, 0.3) is 0 Å². The zero-order chi connectivity index (χ0) is 27.4. The summed E-state index contributed by atoms with van der Waals surface area (Å²) in [5, 5.41) is 6.53. The molecule has 198 valence electrons. The minimum atomic E-state index is 0.368. The van der Waals surface area contributed by atoms with Crippen LogP contribution in [0, 0.1) is 0 Å². The third kappa shape index (κ3) is 3.04. The van der Waals surface area contributed by atoms with Crippen molar-refractivity contribution in [2.45, 2.75) is 16.1 Å². The molecule has 2 aliphatic rings. The van der Waals surface area contributed by atoms with E-state index in [-0.39, 0.29) is 0 Å². The van der Waals surface area contributed by atoms with Gasteiger partial charge in [0.2, 0.25) is 0 Å². The summed E-state index contributed by atoms with van der Waals surface area (Å²) in [6.45, 7) is 0. The Morgan fingerprint density at radius 1 is 0.595 bits per heavy atom. The van der Waals surface area contributed by atoms with E-state index in [1.165, 1.54) is 64.6 Å². The van der Waals surface area contributed by atoms with Crippen molar-refractivity contribution in [3.8, 4) is 10.8 Å². The number of thioether (sulfide) groups is 1. The lowest BCUT2D eigenvalue weighted by Crippen LogP contribution is -2.12. The van der Waals surface area contributed by atoms with Gasteiger partial charge in [-0.1, -0.05) is 90.2 Å². The Bertz CT molecular complexity index is 2370. The molecule has 0 saturated carbocycles. The minimum Gasteiger partial charge on any atom is -0.309 e. The topological polar surface area (TPSA) is 22.8 Å². The summed E-state index contributed by atoms with van der Waals surface area (Å²) >= 11 is 3.83. The van der Waals surface area contributed by atoms with E-state index in [1.807, 2.05) is 23.1 Å². The van der Waals surface area contributed by atoms with Gasteiger partial charge in [-0.05, 0) is 54.1 Å². The van der Waals surface area contributed by atoms with Crippen LogP contribution in [0.2, 0.25) is 0 Å². The maximum absolute atomic E-state index is 5.26. The Balaban J connectivity index is 1.20. The van der Waals surface area contributed by atoms with Crippen molar-refractivity contribution in [2.75, 3.05) is 0 Å². The fourth-order valence-electron chi connectivity index (χ4n) is 7.14. The first kappa shape index (κ1) is 23.0. The van der Waals surface area contributed by atoms with E-state index < -0.39 is 0 Å². The van der Waals surface area contributed by atoms with Crippen molar-refractivity contribution in [1.29, 1.82) is 0 Å². The zero-order valence-electron chi connectivity index (χ0n) is 22.4. The van der Waals surface area contributed by atoms with E-state index in [0.717, 1.165) is 10.8 Å². The molecule has 8 aromatic rings. The summed E-state index contributed by atoms with van der Waals surface area (Å²) in [6.07, 6.45) is 4.59. The largest absolute Gasteiger partial charge is 0.309 e. The predicted molar refractivity (Wildman–Crippen MR) is 178 cm³/mol. The Morgan fingerprint density at radius 2 is 1.21 bits per heavy atom. The highest BCUT2D eigenvalue weighted by Gasteiger charge is 2.38. The van der Waals surface area contributed by atoms with Gasteiger partial charge in [-0.2, -0.15) is 0 Å². The molecule has 0 amide bonds. The molecule has 1 aliphatic carbocycles. The molecule has 0 saturated heterocycles. The Kier molecular flexibility index (Phi) is 4.65. The van der Waals surface area contributed by atoms with Gasteiger partial charge in [0, 0.05) is 48.2 Å². The number of fused-ring (bicyclic) bond motifs is 11. The van der Waals surface area contributed by atoms with Gasteiger partial charge in [0.15, 0.2) is 5.13 Å². The average molecular weight is 574 g/mol. The molecule has 3 nitrogen and oxygen atoms in total. The van der Waals surface area contributed by atoms with Crippen molar-refractivity contribution in [1.82, 2.24) is 14.1 Å². The molecule has 2 unspecified atom stereocenters. The van der Waals surface area contributed by atoms with Crippen molar-refractivity contribution in [3.05, 3.63) is 137 Å². The van der Waals surface area contributed by atoms with Gasteiger partial charge in [-0.3, -0.25) is 4.57 Å². The monoisotopic (exact) mass is 573 g/mol. The van der Waals surface area contributed by atoms with E-state index in [4.69, 9.17) is 4.98 Å². The molecule has 10 rings (SSSR count). The van der Waals surface area contributed by atoms with Crippen LogP contribution in [0.5, 0.6) is 0 Å². The first-order chi connectivity index (χ1) is 20.8. The molecule has 0 spiro atoms. The van der Waals surface area contributed by atoms with Crippen LogP contribution < -0.4 is 0 Å². The molecule has 5 aromatic carbocycles. The normalized spacial score (nSPS) is 17.3. The summed E-state index contributed by atoms with van der Waals surface area (Å²) in [4.78, 5) is 8.04. The molecule has 4 heterocycles. The number of nitrogens with zero attached hydrogens (tertiary/aromatic N) is 3. The molecule has 0 N–H and O–H groups in total. The molecule has 5 heteroatoms. The van der Waals surface area contributed by atoms with Gasteiger partial charge >= 0.3 is 0 Å². The molecule has 1 aliphatic heterocycles. The number of benzene rings is 5. The number of thiazole rings is 1. The van der Waals surface area contributed by atoms with Crippen molar-refractivity contribution in [2.24, 2.45) is 0 Å². The summed E-state index contributed by atoms with van der Waals surface area (Å²) in [7, 11) is 0. The Labute approximate surface area is 250 Å². The van der Waals surface area contributed by atoms with Crippen LogP contribution in [0.1, 0.15) is 22.1 Å². The van der Waals surface area contributed by atoms with Crippen LogP contribution in [0.3, 0.4) is 0 Å². The van der Waals surface area contributed by atoms with Crippen LogP contribution in [0.25, 0.3) is 60.5 Å². The quantitative estimate of drug-likeness (QED) is 0.205. The second-order valence-electron chi connectivity index (χ2n) is 11.1. The zero-order valence-corrected chi connectivity index (χ0v) is 24.1. The van der Waals surface area contributed by atoms with Crippen LogP contribution in [0.4, 0.5) is 0 Å². The van der Waals surface area contributed by atoms with Gasteiger partial charge in [0.05, 0.1) is 27.8 Å². The van der Waals surface area contributed by atoms with Crippen molar-refractivity contribution in [3.63, 3.8) is 0 Å². The molecule has 0 fully saturated rings. The molecule has 0 bridgehead atoms. The summed E-state index contributed by atoms with van der Waals surface area (Å²) in [5.74, 6) is 0.368. The maximum atomic E-state index is 5.26. The fourth-order valence-corrected chi connectivity index (χ4v) is 9.83. The number of aromatic nitrogens is 3. The molecule has 42 heavy (non-hydrogen) atoms. The first-order valence-corrected chi connectivity index (χ1v) is 16.0. The number of para-hydroxylation sites is 3. The van der Waals surface area contributed by atoms with Gasteiger partial charge in [-0.15, -0.1) is 11.8 Å². The highest BCUT2D eigenvalue weighted by atomic mass is 32.2. The molecule has 3 aromatic heterocycles. The minimum absolute atomic E-state index is 0.368. The van der Waals surface area contributed by atoms with Crippen LogP contribution >= 0.6 is 23.1 Å². The van der Waals surface area contributed by atoms with Crippen molar-refractivity contribution < 1.29 is 0 Å². The number of rotatable bonds is 2. The van der Waals surface area contributed by atoms with Crippen LogP contribution in [0.15, 0.2) is 126 Å². The predicted octanol–water partition coefficient (Wildman–Crippen LogP) is 9.97. The van der Waals surface area contributed by atoms with E-state index in [2.05, 4.69) is 137 Å². The van der Waals surface area contributed by atoms with E-state index >= 15 is 0 Å². The first-order valence-electron chi connectivity index (χ1n) is 14.3. The smallest absolute Gasteiger partial charge is 0.195 e. The van der Waals surface area contributed by atoms with Gasteiger partial charge in [0.1, 0.15) is 0 Å². The van der Waals surface area contributed by atoms with E-state index in [9.17, 15) is 0 Å². The lowest BCUT2D eigenvalue weighted by Gasteiger charge is -2.19. The van der Waals surface area contributed by atoms with Crippen LogP contribution in [-0.4, -0.2) is 19.4 Å². The second-order valence-corrected chi connectivity index (χ2v) is 13.4. The van der Waals surface area contributed by atoms with E-state index in [0.29, 0.717) is 11.2 Å². The highest BCUT2D eigenvalue weighted by Crippen LogP contribution is 2.54. The second kappa shape index (κ2) is 8.48. The average Bonchev–Trinajstić information content (AvgIpc) is 3.79. The summed E-state index contributed by atoms with van der Waals surface area (Å²) in [6, 6.07) is 42.0. The summed E-state index contributed by atoms with van der Waals surface area (Å²) < 4.78 is 4.78. The highest BCUT2D eigenvalue weighted by molar-refractivity contribution is 8.00. The molecule has 2 atom stereocenters. The maximum Gasteiger partial charge on any atom is 0.195 e. The lowest BCUT2D eigenvalue weighted by atomic mass is 9.90. The third-order valence-corrected chi connectivity index (χ3v) is 11.4. The van der Waals surface area contributed by atoms with Gasteiger partial charge in [-0.25, -0.2) is 4.98 Å². The molecular formula is C37H23N3S2. The lowest BCUT2D eigenvalue weighted by molar-refractivity contribution is 0.858. The van der Waals surface area contributed by atoms with Gasteiger partial charge < -0.3 is 4.57 Å². The van der Waals surface area contributed by atoms with Crippen LogP contribution in [-0.2, 0) is 0 Å². The SMILES string of the molecule is C1=CC2Sc3ccccc3C2c2sc(-n3c4ccccc4c4cc(-n5c6ccccc6c6ccccc65)ccc43)nc21. The number of hydrogen-bond acceptors (Lipinski definition) is 3. The fraction of sp³-hybridized carbons (Fsp3) is 0.0541. The summed E-state index contributed by atoms with van der Waals surface area (Å²) in [5.41, 5.74) is 8.56. The van der Waals surface area contributed by atoms with E-state index in [1.54, 1.807) is 0 Å². The Hall–Kier alpha value is -4.58. The standard InChI is InChI=1S/C37H23N3S2/c1-5-13-29-23(9-1)24-10-2-6-14-30(24)39(29)22-17-19-32-27(21-22)25-11-3-7-15-31(25)40(32)37-38-28-18-20-34-35(36(28)42-37)26-12-4-8-16-33(26)41-34/h1-21,34-35H. The molecule has 0 radical (unpaired) electrons.